The zero-order valence-electron chi connectivity index (χ0n) is 5.59. The average molecular weight is 130 g/mol. The molecule has 0 fully saturated rings. The Morgan fingerprint density at radius 2 is 2.33 bits per heavy atom. The second kappa shape index (κ2) is 5.15. The zero-order chi connectivity index (χ0) is 7.11. The van der Waals surface area contributed by atoms with Crippen molar-refractivity contribution in [3.8, 4) is 0 Å². The molecule has 0 aromatic carbocycles. The highest BCUT2D eigenvalue weighted by atomic mass is 17.2. The molecule has 0 aliphatic carbocycles. The molecule has 0 heterocycles. The van der Waals surface area contributed by atoms with Crippen LogP contribution in [0.15, 0.2) is 12.3 Å². The molecule has 0 spiro atoms. The maximum absolute atomic E-state index is 10.3. The predicted octanol–water partition coefficient (Wildman–Crippen LogP) is 1.40. The fourth-order valence-corrected chi connectivity index (χ4v) is 0.196. The lowest BCUT2D eigenvalue weighted by Crippen LogP contribution is -1.99. The van der Waals surface area contributed by atoms with Gasteiger partial charge in [-0.25, -0.2) is 4.79 Å². The topological polar surface area (TPSA) is 35.5 Å². The molecule has 0 rings (SSSR count). The first kappa shape index (κ1) is 8.01. The van der Waals surface area contributed by atoms with Crippen molar-refractivity contribution >= 4 is 5.97 Å². The molecule has 9 heavy (non-hydrogen) atoms. The van der Waals surface area contributed by atoms with E-state index in [1.54, 1.807) is 19.9 Å². The Labute approximate surface area is 54.2 Å². The first-order valence-electron chi connectivity index (χ1n) is 2.78. The van der Waals surface area contributed by atoms with E-state index in [1.807, 2.05) is 0 Å². The van der Waals surface area contributed by atoms with E-state index in [0.717, 1.165) is 0 Å². The third-order valence-electron chi connectivity index (χ3n) is 0.621. The monoisotopic (exact) mass is 130 g/mol. The second-order valence-electron chi connectivity index (χ2n) is 1.37. The predicted molar refractivity (Wildman–Crippen MR) is 32.3 cm³/mol. The Balaban J connectivity index is 3.17. The van der Waals surface area contributed by atoms with Crippen LogP contribution in [0.5, 0.6) is 0 Å². The molecule has 0 saturated carbocycles. The molecule has 3 heteroatoms. The van der Waals surface area contributed by atoms with Gasteiger partial charge in [-0.05, 0) is 13.0 Å². The largest absolute Gasteiger partial charge is 0.355 e. The summed E-state index contributed by atoms with van der Waals surface area (Å²) in [4.78, 5) is 18.8. The number of hydrogen-bond acceptors (Lipinski definition) is 3. The van der Waals surface area contributed by atoms with Gasteiger partial charge < -0.3 is 0 Å². The molecule has 52 valence electrons. The number of carbonyl (C=O) groups is 1. The third kappa shape index (κ3) is 4.87. The number of rotatable bonds is 3. The zero-order valence-corrected chi connectivity index (χ0v) is 5.59. The lowest BCUT2D eigenvalue weighted by atomic mass is 10.5. The number of hydrogen-bond donors (Lipinski definition) is 0. The van der Waals surface area contributed by atoms with Gasteiger partial charge in [0.1, 0.15) is 6.26 Å². The second-order valence-corrected chi connectivity index (χ2v) is 1.37. The Hall–Kier alpha value is -0.990. The lowest BCUT2D eigenvalue weighted by Gasteiger charge is -1.94. The normalized spacial score (nSPS) is 9.56. The van der Waals surface area contributed by atoms with Crippen LogP contribution in [0.4, 0.5) is 0 Å². The highest BCUT2D eigenvalue weighted by Crippen LogP contribution is 1.85. The van der Waals surface area contributed by atoms with E-state index in [2.05, 4.69) is 9.78 Å². The van der Waals surface area contributed by atoms with Crippen molar-refractivity contribution in [2.45, 2.75) is 20.3 Å². The summed E-state index contributed by atoms with van der Waals surface area (Å²) in [6.45, 7) is 3.46. The molecule has 0 radical (unpaired) electrons. The van der Waals surface area contributed by atoms with E-state index in [-0.39, 0.29) is 5.97 Å². The van der Waals surface area contributed by atoms with Crippen molar-refractivity contribution in [2.24, 2.45) is 0 Å². The van der Waals surface area contributed by atoms with Gasteiger partial charge in [-0.3, -0.25) is 9.78 Å². The molecule has 0 aromatic heterocycles. The Morgan fingerprint density at radius 1 is 1.67 bits per heavy atom. The Kier molecular flexibility index (Phi) is 4.59. The van der Waals surface area contributed by atoms with Crippen LogP contribution >= 0.6 is 0 Å². The first-order valence-corrected chi connectivity index (χ1v) is 2.78. The Morgan fingerprint density at radius 3 is 2.78 bits per heavy atom. The highest BCUT2D eigenvalue weighted by molar-refractivity contribution is 5.68. The Bertz CT molecular complexity index is 107. The van der Waals surface area contributed by atoms with Gasteiger partial charge in [-0.1, -0.05) is 6.92 Å². The first-order chi connectivity index (χ1) is 4.31. The fourth-order valence-electron chi connectivity index (χ4n) is 0.196. The molecular formula is C6H10O3. The standard InChI is InChI=1S/C6H10O3/c1-3-5-8-9-6(7)4-2/h3,5H,4H2,1-2H3. The van der Waals surface area contributed by atoms with Gasteiger partial charge in [-0.15, -0.1) is 0 Å². The minimum absolute atomic E-state index is 0.331. The van der Waals surface area contributed by atoms with Crippen molar-refractivity contribution in [1.29, 1.82) is 0 Å². The van der Waals surface area contributed by atoms with Gasteiger partial charge in [0.2, 0.25) is 0 Å². The van der Waals surface area contributed by atoms with Crippen molar-refractivity contribution < 1.29 is 14.6 Å². The van der Waals surface area contributed by atoms with Crippen LogP contribution in [-0.4, -0.2) is 5.97 Å². The summed E-state index contributed by atoms with van der Waals surface area (Å²) in [6, 6.07) is 0. The van der Waals surface area contributed by atoms with E-state index in [4.69, 9.17) is 0 Å². The summed E-state index contributed by atoms with van der Waals surface area (Å²) >= 11 is 0. The molecule has 0 saturated heterocycles. The molecule has 0 aliphatic rings. The minimum atomic E-state index is -0.367. The number of carbonyl (C=O) groups excluding carboxylic acids is 1. The molecule has 3 nitrogen and oxygen atoms in total. The molecule has 0 atom stereocenters. The SMILES string of the molecule is CC=COOC(=O)CC. The molecule has 0 bridgehead atoms. The molecule has 0 aliphatic heterocycles. The van der Waals surface area contributed by atoms with Crippen LogP contribution in [0.25, 0.3) is 0 Å². The van der Waals surface area contributed by atoms with E-state index in [9.17, 15) is 4.79 Å². The lowest BCUT2D eigenvalue weighted by molar-refractivity contribution is -0.238. The van der Waals surface area contributed by atoms with E-state index < -0.39 is 0 Å². The summed E-state index contributed by atoms with van der Waals surface area (Å²) in [5, 5.41) is 0. The minimum Gasteiger partial charge on any atom is -0.295 e. The average Bonchev–Trinajstić information content (AvgIpc) is 1.89. The van der Waals surface area contributed by atoms with Crippen molar-refractivity contribution in [2.75, 3.05) is 0 Å². The quantitative estimate of drug-likeness (QED) is 0.329. The van der Waals surface area contributed by atoms with Crippen LogP contribution < -0.4 is 0 Å². The van der Waals surface area contributed by atoms with Crippen molar-refractivity contribution in [3.63, 3.8) is 0 Å². The molecule has 0 unspecified atom stereocenters. The van der Waals surface area contributed by atoms with Crippen LogP contribution in [0, 0.1) is 0 Å². The van der Waals surface area contributed by atoms with Gasteiger partial charge >= 0.3 is 5.97 Å². The number of allylic oxidation sites excluding steroid dienone is 1. The summed E-state index contributed by atoms with van der Waals surface area (Å²) in [7, 11) is 0. The maximum Gasteiger partial charge on any atom is 0.355 e. The van der Waals surface area contributed by atoms with Gasteiger partial charge in [-0.2, -0.15) is 0 Å². The molecular weight excluding hydrogens is 120 g/mol. The summed E-state index contributed by atoms with van der Waals surface area (Å²) in [6.07, 6.45) is 3.26. The van der Waals surface area contributed by atoms with Crippen LogP contribution in [0.3, 0.4) is 0 Å². The van der Waals surface area contributed by atoms with E-state index in [1.165, 1.54) is 6.26 Å². The summed E-state index contributed by atoms with van der Waals surface area (Å²) < 4.78 is 0. The summed E-state index contributed by atoms with van der Waals surface area (Å²) in [5.74, 6) is -0.367. The highest BCUT2D eigenvalue weighted by Gasteiger charge is 1.95. The van der Waals surface area contributed by atoms with Crippen LogP contribution in [-0.2, 0) is 14.6 Å². The van der Waals surface area contributed by atoms with Gasteiger partial charge in [0, 0.05) is 6.42 Å². The molecule has 0 amide bonds. The van der Waals surface area contributed by atoms with Gasteiger partial charge in [0.25, 0.3) is 0 Å². The summed E-state index contributed by atoms with van der Waals surface area (Å²) in [5.41, 5.74) is 0. The maximum atomic E-state index is 10.3. The van der Waals surface area contributed by atoms with E-state index >= 15 is 0 Å². The van der Waals surface area contributed by atoms with Crippen LogP contribution in [0.1, 0.15) is 20.3 Å². The smallest absolute Gasteiger partial charge is 0.295 e. The van der Waals surface area contributed by atoms with Gasteiger partial charge in [0.15, 0.2) is 0 Å². The third-order valence-corrected chi connectivity index (χ3v) is 0.621. The van der Waals surface area contributed by atoms with Crippen LogP contribution in [0.2, 0.25) is 0 Å². The van der Waals surface area contributed by atoms with Gasteiger partial charge in [0.05, 0.1) is 0 Å². The molecule has 0 aromatic rings. The van der Waals surface area contributed by atoms with Crippen molar-refractivity contribution in [3.05, 3.63) is 12.3 Å². The molecule has 0 N–H and O–H groups in total. The fraction of sp³-hybridized carbons (Fsp3) is 0.500. The van der Waals surface area contributed by atoms with E-state index in [0.29, 0.717) is 6.42 Å². The van der Waals surface area contributed by atoms with Crippen molar-refractivity contribution in [1.82, 2.24) is 0 Å².